The van der Waals surface area contributed by atoms with Crippen LogP contribution in [0, 0.1) is 0 Å². The number of aliphatic imine (C=N–C) groups is 1. The second-order valence-corrected chi connectivity index (χ2v) is 4.33. The number of hydrogen-bond acceptors (Lipinski definition) is 2. The van der Waals surface area contributed by atoms with Crippen molar-refractivity contribution in [3.8, 4) is 0 Å². The highest BCUT2D eigenvalue weighted by Crippen LogP contribution is 2.00. The molecule has 0 aliphatic heterocycles. The highest BCUT2D eigenvalue weighted by molar-refractivity contribution is 5.86. The molecule has 0 fully saturated rings. The Morgan fingerprint density at radius 2 is 1.89 bits per heavy atom. The van der Waals surface area contributed by atoms with Gasteiger partial charge in [-0.2, -0.15) is 0 Å². The predicted octanol–water partition coefficient (Wildman–Crippen LogP) is 0.830. The molecule has 5 heteroatoms. The van der Waals surface area contributed by atoms with Crippen LogP contribution in [0.25, 0.3) is 0 Å². The van der Waals surface area contributed by atoms with Gasteiger partial charge < -0.3 is 15.5 Å². The number of amides is 1. The van der Waals surface area contributed by atoms with E-state index in [0.29, 0.717) is 19.0 Å². The number of hydrogen-bond donors (Lipinski definition) is 2. The normalized spacial score (nSPS) is 11.0. The first-order valence-corrected chi connectivity index (χ1v) is 6.39. The van der Waals surface area contributed by atoms with E-state index in [4.69, 9.17) is 0 Å². The average molecular weight is 262 g/mol. The molecule has 104 valence electrons. The second kappa shape index (κ2) is 8.13. The minimum absolute atomic E-state index is 0.0308. The van der Waals surface area contributed by atoms with Gasteiger partial charge in [-0.25, -0.2) is 4.99 Å². The van der Waals surface area contributed by atoms with E-state index >= 15 is 0 Å². The minimum Gasteiger partial charge on any atom is -0.355 e. The van der Waals surface area contributed by atoms with Gasteiger partial charge in [0.2, 0.25) is 5.91 Å². The minimum atomic E-state index is -0.0308. The fourth-order valence-electron chi connectivity index (χ4n) is 1.52. The molecule has 0 aliphatic carbocycles. The zero-order valence-corrected chi connectivity index (χ0v) is 11.8. The van der Waals surface area contributed by atoms with Crippen molar-refractivity contribution < 1.29 is 4.79 Å². The fraction of sp³-hybridized carbons (Fsp3) is 0.429. The van der Waals surface area contributed by atoms with E-state index in [-0.39, 0.29) is 12.5 Å². The average Bonchev–Trinajstić information content (AvgIpc) is 2.39. The number of benzene rings is 1. The topological polar surface area (TPSA) is 56.7 Å². The summed E-state index contributed by atoms with van der Waals surface area (Å²) in [5, 5.41) is 5.78. The molecule has 0 spiro atoms. The molecule has 1 aromatic carbocycles. The van der Waals surface area contributed by atoms with Crippen molar-refractivity contribution in [3.63, 3.8) is 0 Å². The molecule has 1 amide bonds. The summed E-state index contributed by atoms with van der Waals surface area (Å²) in [6.07, 6.45) is 0. The third-order valence-corrected chi connectivity index (χ3v) is 2.46. The number of carbonyl (C=O) groups is 1. The summed E-state index contributed by atoms with van der Waals surface area (Å²) < 4.78 is 0. The van der Waals surface area contributed by atoms with Crippen LogP contribution in [0.4, 0.5) is 0 Å². The summed E-state index contributed by atoms with van der Waals surface area (Å²) in [7, 11) is 3.79. The van der Waals surface area contributed by atoms with Crippen molar-refractivity contribution in [2.45, 2.75) is 13.5 Å². The third-order valence-electron chi connectivity index (χ3n) is 2.46. The molecule has 0 aliphatic rings. The largest absolute Gasteiger partial charge is 0.355 e. The molecule has 0 bridgehead atoms. The number of carbonyl (C=O) groups excluding carboxylic acids is 1. The molecule has 0 aromatic heterocycles. The molecule has 19 heavy (non-hydrogen) atoms. The lowest BCUT2D eigenvalue weighted by atomic mass is 10.2. The van der Waals surface area contributed by atoms with E-state index in [1.807, 2.05) is 56.3 Å². The first kappa shape index (κ1) is 15.0. The van der Waals surface area contributed by atoms with Crippen LogP contribution in [0.2, 0.25) is 0 Å². The molecule has 1 rings (SSSR count). The molecule has 0 unspecified atom stereocenters. The van der Waals surface area contributed by atoms with E-state index in [2.05, 4.69) is 15.6 Å². The number of rotatable bonds is 5. The summed E-state index contributed by atoms with van der Waals surface area (Å²) >= 11 is 0. The standard InChI is InChI=1S/C14H22N4O/c1-4-15-13(19)11-17-14(18(2)3)16-10-12-8-6-5-7-9-12/h5-9H,4,10-11H2,1-3H3,(H,15,19)(H,16,17). The molecule has 0 heterocycles. The van der Waals surface area contributed by atoms with Gasteiger partial charge in [-0.3, -0.25) is 4.79 Å². The van der Waals surface area contributed by atoms with Crippen molar-refractivity contribution in [2.24, 2.45) is 4.99 Å². The van der Waals surface area contributed by atoms with Crippen LogP contribution >= 0.6 is 0 Å². The van der Waals surface area contributed by atoms with E-state index in [0.717, 1.165) is 5.56 Å². The van der Waals surface area contributed by atoms with Crippen LogP contribution < -0.4 is 10.6 Å². The second-order valence-electron chi connectivity index (χ2n) is 4.33. The van der Waals surface area contributed by atoms with Gasteiger partial charge in [-0.05, 0) is 12.5 Å². The molecule has 2 N–H and O–H groups in total. The Hall–Kier alpha value is -2.04. The zero-order chi connectivity index (χ0) is 14.1. The monoisotopic (exact) mass is 262 g/mol. The predicted molar refractivity (Wildman–Crippen MR) is 78.0 cm³/mol. The molecular weight excluding hydrogens is 240 g/mol. The summed E-state index contributed by atoms with van der Waals surface area (Å²) in [5.41, 5.74) is 1.14. The van der Waals surface area contributed by atoms with Crippen LogP contribution in [-0.4, -0.2) is 44.0 Å². The number of nitrogens with one attached hydrogen (secondary N) is 2. The van der Waals surface area contributed by atoms with Gasteiger partial charge in [-0.15, -0.1) is 0 Å². The van der Waals surface area contributed by atoms with E-state index in [9.17, 15) is 4.79 Å². The third kappa shape index (κ3) is 5.90. The van der Waals surface area contributed by atoms with Crippen LogP contribution in [0.15, 0.2) is 35.3 Å². The van der Waals surface area contributed by atoms with Gasteiger partial charge in [0.1, 0.15) is 0 Å². The first-order valence-electron chi connectivity index (χ1n) is 6.39. The smallest absolute Gasteiger partial charge is 0.239 e. The molecular formula is C14H22N4O. The van der Waals surface area contributed by atoms with Gasteiger partial charge in [0.05, 0.1) is 13.1 Å². The maximum absolute atomic E-state index is 11.4. The molecule has 0 saturated heterocycles. The Morgan fingerprint density at radius 1 is 1.21 bits per heavy atom. The lowest BCUT2D eigenvalue weighted by Gasteiger charge is -2.17. The van der Waals surface area contributed by atoms with Crippen molar-refractivity contribution in [2.75, 3.05) is 27.2 Å². The van der Waals surface area contributed by atoms with Crippen LogP contribution in [0.3, 0.4) is 0 Å². The SMILES string of the molecule is CCNC(=O)CNC(=NCc1ccccc1)N(C)C. The molecule has 5 nitrogen and oxygen atoms in total. The number of likely N-dealkylation sites (N-methyl/N-ethyl adjacent to an activating group) is 1. The fourth-order valence-corrected chi connectivity index (χ4v) is 1.52. The summed E-state index contributed by atoms with van der Waals surface area (Å²) in [6, 6.07) is 10.0. The van der Waals surface area contributed by atoms with E-state index < -0.39 is 0 Å². The Morgan fingerprint density at radius 3 is 2.47 bits per heavy atom. The van der Waals surface area contributed by atoms with Gasteiger partial charge in [0.25, 0.3) is 0 Å². The lowest BCUT2D eigenvalue weighted by molar-refractivity contribution is -0.119. The zero-order valence-electron chi connectivity index (χ0n) is 11.8. The maximum atomic E-state index is 11.4. The highest BCUT2D eigenvalue weighted by Gasteiger charge is 2.04. The van der Waals surface area contributed by atoms with Crippen LogP contribution in [0.5, 0.6) is 0 Å². The van der Waals surface area contributed by atoms with Crippen molar-refractivity contribution in [3.05, 3.63) is 35.9 Å². The lowest BCUT2D eigenvalue weighted by Crippen LogP contribution is -2.42. The van der Waals surface area contributed by atoms with Crippen molar-refractivity contribution in [1.82, 2.24) is 15.5 Å². The first-order chi connectivity index (χ1) is 9.13. The van der Waals surface area contributed by atoms with Crippen molar-refractivity contribution >= 4 is 11.9 Å². The number of nitrogens with zero attached hydrogens (tertiary/aromatic N) is 2. The van der Waals surface area contributed by atoms with Gasteiger partial charge in [0, 0.05) is 20.6 Å². The van der Waals surface area contributed by atoms with Gasteiger partial charge in [-0.1, -0.05) is 30.3 Å². The van der Waals surface area contributed by atoms with E-state index in [1.165, 1.54) is 0 Å². The van der Waals surface area contributed by atoms with Crippen molar-refractivity contribution in [1.29, 1.82) is 0 Å². The Balaban J connectivity index is 2.54. The maximum Gasteiger partial charge on any atom is 0.239 e. The van der Waals surface area contributed by atoms with Gasteiger partial charge >= 0.3 is 0 Å². The Labute approximate surface area is 114 Å². The van der Waals surface area contributed by atoms with Crippen LogP contribution in [0.1, 0.15) is 12.5 Å². The van der Waals surface area contributed by atoms with E-state index in [1.54, 1.807) is 0 Å². The quantitative estimate of drug-likeness (QED) is 0.610. The Bertz CT molecular complexity index is 415. The van der Waals surface area contributed by atoms with Gasteiger partial charge in [0.15, 0.2) is 5.96 Å². The Kier molecular flexibility index (Phi) is 6.43. The molecule has 0 atom stereocenters. The summed E-state index contributed by atoms with van der Waals surface area (Å²) in [4.78, 5) is 17.7. The molecule has 1 aromatic rings. The summed E-state index contributed by atoms with van der Waals surface area (Å²) in [6.45, 7) is 3.36. The highest BCUT2D eigenvalue weighted by atomic mass is 16.1. The molecule has 0 radical (unpaired) electrons. The summed E-state index contributed by atoms with van der Waals surface area (Å²) in [5.74, 6) is 0.673. The number of guanidine groups is 1. The van der Waals surface area contributed by atoms with Crippen LogP contribution in [-0.2, 0) is 11.3 Å². The molecule has 0 saturated carbocycles.